The summed E-state index contributed by atoms with van der Waals surface area (Å²) in [5.41, 5.74) is 0.924. The van der Waals surface area contributed by atoms with Gasteiger partial charge in [-0.05, 0) is 12.1 Å². The third-order valence-corrected chi connectivity index (χ3v) is 2.53. The molecule has 0 radical (unpaired) electrons. The minimum Gasteiger partial charge on any atom is -0.477 e. The number of methoxy groups -OCH3 is 1. The Morgan fingerprint density at radius 2 is 2.41 bits per heavy atom. The van der Waals surface area contributed by atoms with Crippen LogP contribution in [-0.4, -0.2) is 38.8 Å². The molecule has 0 fully saturated rings. The van der Waals surface area contributed by atoms with Crippen molar-refractivity contribution in [2.24, 2.45) is 0 Å². The second-order valence-electron chi connectivity index (χ2n) is 3.77. The Balaban J connectivity index is 1.91. The average Bonchev–Trinajstić information content (AvgIpc) is 2.38. The van der Waals surface area contributed by atoms with Crippen LogP contribution < -0.4 is 15.4 Å². The molecule has 0 aromatic heterocycles. The number of amides is 1. The van der Waals surface area contributed by atoms with Gasteiger partial charge < -0.3 is 20.1 Å². The van der Waals surface area contributed by atoms with Crippen molar-refractivity contribution in [1.29, 1.82) is 0 Å². The molecular weight excluding hydrogens is 220 g/mol. The van der Waals surface area contributed by atoms with Crippen molar-refractivity contribution in [3.05, 3.63) is 24.3 Å². The van der Waals surface area contributed by atoms with Crippen molar-refractivity contribution in [2.75, 3.05) is 32.1 Å². The van der Waals surface area contributed by atoms with Crippen LogP contribution in [0, 0.1) is 0 Å². The monoisotopic (exact) mass is 236 g/mol. The summed E-state index contributed by atoms with van der Waals surface area (Å²) in [5.74, 6) is 0.592. The maximum absolute atomic E-state index is 11.8. The molecule has 1 heterocycles. The van der Waals surface area contributed by atoms with Gasteiger partial charge in [0.1, 0.15) is 5.75 Å². The zero-order chi connectivity index (χ0) is 12.1. The normalized spacial score (nSPS) is 17.6. The van der Waals surface area contributed by atoms with Gasteiger partial charge in [0.2, 0.25) is 0 Å². The first-order chi connectivity index (χ1) is 8.31. The van der Waals surface area contributed by atoms with Gasteiger partial charge in [0.25, 0.3) is 5.91 Å². The third-order valence-electron chi connectivity index (χ3n) is 2.53. The number of hydrogen-bond donors (Lipinski definition) is 2. The lowest BCUT2D eigenvalue weighted by Crippen LogP contribution is -2.45. The lowest BCUT2D eigenvalue weighted by molar-refractivity contribution is -0.127. The smallest absolute Gasteiger partial charge is 0.263 e. The van der Waals surface area contributed by atoms with Crippen molar-refractivity contribution in [2.45, 2.75) is 6.10 Å². The van der Waals surface area contributed by atoms with E-state index in [0.717, 1.165) is 5.69 Å². The van der Waals surface area contributed by atoms with Crippen LogP contribution >= 0.6 is 0 Å². The zero-order valence-corrected chi connectivity index (χ0v) is 9.73. The van der Waals surface area contributed by atoms with Crippen LogP contribution in [0.5, 0.6) is 5.75 Å². The third kappa shape index (κ3) is 2.88. The van der Waals surface area contributed by atoms with Gasteiger partial charge in [-0.1, -0.05) is 12.1 Å². The van der Waals surface area contributed by atoms with Crippen LogP contribution in [0.15, 0.2) is 24.3 Å². The highest BCUT2D eigenvalue weighted by Gasteiger charge is 2.24. The first-order valence-electron chi connectivity index (χ1n) is 5.57. The van der Waals surface area contributed by atoms with Crippen molar-refractivity contribution in [3.8, 4) is 5.75 Å². The van der Waals surface area contributed by atoms with E-state index in [4.69, 9.17) is 9.47 Å². The Kier molecular flexibility index (Phi) is 3.82. The summed E-state index contributed by atoms with van der Waals surface area (Å²) in [7, 11) is 1.60. The summed E-state index contributed by atoms with van der Waals surface area (Å²) in [6.45, 7) is 1.48. The zero-order valence-electron chi connectivity index (χ0n) is 9.73. The number of carbonyl (C=O) groups is 1. The fourth-order valence-electron chi connectivity index (χ4n) is 1.65. The van der Waals surface area contributed by atoms with Gasteiger partial charge in [-0.25, -0.2) is 0 Å². The van der Waals surface area contributed by atoms with Gasteiger partial charge in [0.15, 0.2) is 6.10 Å². The molecule has 0 spiro atoms. The minimum atomic E-state index is -0.484. The average molecular weight is 236 g/mol. The fraction of sp³-hybridized carbons (Fsp3) is 0.417. The Hall–Kier alpha value is -1.75. The van der Waals surface area contributed by atoms with Crippen LogP contribution in [0.3, 0.4) is 0 Å². The number of fused-ring (bicyclic) bond motifs is 1. The summed E-state index contributed by atoms with van der Waals surface area (Å²) in [5, 5.41) is 5.92. The van der Waals surface area contributed by atoms with Crippen LogP contribution in [-0.2, 0) is 9.53 Å². The second-order valence-corrected chi connectivity index (χ2v) is 3.77. The van der Waals surface area contributed by atoms with Gasteiger partial charge in [-0.15, -0.1) is 0 Å². The van der Waals surface area contributed by atoms with Gasteiger partial charge in [-0.3, -0.25) is 4.79 Å². The number of hydrogen-bond acceptors (Lipinski definition) is 4. The Morgan fingerprint density at radius 1 is 1.59 bits per heavy atom. The number of para-hydroxylation sites is 2. The molecule has 0 aliphatic carbocycles. The van der Waals surface area contributed by atoms with Crippen molar-refractivity contribution >= 4 is 11.6 Å². The van der Waals surface area contributed by atoms with E-state index >= 15 is 0 Å². The van der Waals surface area contributed by atoms with Crippen LogP contribution in [0.2, 0.25) is 0 Å². The lowest BCUT2D eigenvalue weighted by atomic mass is 10.2. The summed E-state index contributed by atoms with van der Waals surface area (Å²) < 4.78 is 10.5. The summed E-state index contributed by atoms with van der Waals surface area (Å²) in [6, 6.07) is 7.57. The number of rotatable bonds is 4. The molecule has 1 aromatic carbocycles. The van der Waals surface area contributed by atoms with E-state index in [1.165, 1.54) is 0 Å². The van der Waals surface area contributed by atoms with E-state index in [0.29, 0.717) is 25.4 Å². The van der Waals surface area contributed by atoms with Gasteiger partial charge in [-0.2, -0.15) is 0 Å². The lowest BCUT2D eigenvalue weighted by Gasteiger charge is -2.26. The summed E-state index contributed by atoms with van der Waals surface area (Å²) in [4.78, 5) is 11.8. The van der Waals surface area contributed by atoms with Crippen LogP contribution in [0.25, 0.3) is 0 Å². The Labute approximate surface area is 100 Å². The van der Waals surface area contributed by atoms with Crippen molar-refractivity contribution in [3.63, 3.8) is 0 Å². The van der Waals surface area contributed by atoms with Crippen molar-refractivity contribution in [1.82, 2.24) is 5.32 Å². The molecule has 5 nitrogen and oxygen atoms in total. The molecule has 1 amide bonds. The molecule has 2 N–H and O–H groups in total. The molecular formula is C12H16N2O3. The SMILES string of the molecule is COCCNC(=O)[C@H]1CNc2ccccc2O1. The van der Waals surface area contributed by atoms with E-state index in [-0.39, 0.29) is 5.91 Å². The Morgan fingerprint density at radius 3 is 3.24 bits per heavy atom. The number of ether oxygens (including phenoxy) is 2. The van der Waals surface area contributed by atoms with E-state index in [1.54, 1.807) is 7.11 Å². The first-order valence-corrected chi connectivity index (χ1v) is 5.57. The van der Waals surface area contributed by atoms with Gasteiger partial charge in [0.05, 0.1) is 18.8 Å². The molecule has 2 rings (SSSR count). The summed E-state index contributed by atoms with van der Waals surface area (Å²) >= 11 is 0. The topological polar surface area (TPSA) is 59.6 Å². The summed E-state index contributed by atoms with van der Waals surface area (Å²) in [6.07, 6.45) is -0.484. The molecule has 0 saturated carbocycles. The van der Waals surface area contributed by atoms with Gasteiger partial charge >= 0.3 is 0 Å². The number of benzene rings is 1. The van der Waals surface area contributed by atoms with E-state index in [9.17, 15) is 4.79 Å². The number of nitrogens with one attached hydrogen (secondary N) is 2. The quantitative estimate of drug-likeness (QED) is 0.752. The second kappa shape index (κ2) is 5.54. The largest absolute Gasteiger partial charge is 0.477 e. The van der Waals surface area contributed by atoms with E-state index in [2.05, 4.69) is 10.6 Å². The molecule has 92 valence electrons. The van der Waals surface area contributed by atoms with Crippen LogP contribution in [0.4, 0.5) is 5.69 Å². The molecule has 5 heteroatoms. The Bertz CT molecular complexity index is 395. The predicted octanol–water partition coefficient (Wildman–Crippen LogP) is 0.622. The maximum atomic E-state index is 11.8. The molecule has 1 aliphatic heterocycles. The molecule has 0 saturated heterocycles. The molecule has 1 atom stereocenters. The van der Waals surface area contributed by atoms with Crippen LogP contribution in [0.1, 0.15) is 0 Å². The fourth-order valence-corrected chi connectivity index (χ4v) is 1.65. The number of carbonyl (C=O) groups excluding carboxylic acids is 1. The molecule has 0 unspecified atom stereocenters. The molecule has 1 aliphatic rings. The standard InChI is InChI=1S/C12H16N2O3/c1-16-7-6-13-12(15)11-8-14-9-4-2-3-5-10(9)17-11/h2-5,11,14H,6-8H2,1H3,(H,13,15)/t11-/m1/s1. The highest BCUT2D eigenvalue weighted by atomic mass is 16.5. The maximum Gasteiger partial charge on any atom is 0.263 e. The van der Waals surface area contributed by atoms with E-state index < -0.39 is 6.10 Å². The van der Waals surface area contributed by atoms with E-state index in [1.807, 2.05) is 24.3 Å². The van der Waals surface area contributed by atoms with Gasteiger partial charge in [0, 0.05) is 13.7 Å². The molecule has 17 heavy (non-hydrogen) atoms. The highest BCUT2D eigenvalue weighted by Crippen LogP contribution is 2.27. The number of anilines is 1. The first kappa shape index (κ1) is 11.7. The predicted molar refractivity (Wildman–Crippen MR) is 64.2 cm³/mol. The van der Waals surface area contributed by atoms with Crippen molar-refractivity contribution < 1.29 is 14.3 Å². The minimum absolute atomic E-state index is 0.121. The highest BCUT2D eigenvalue weighted by molar-refractivity contribution is 5.83. The molecule has 1 aromatic rings. The molecule has 0 bridgehead atoms.